The average Bonchev–Trinajstić information content (AvgIpc) is 3.99. The summed E-state index contributed by atoms with van der Waals surface area (Å²) in [5, 5.41) is 2.57. The topological polar surface area (TPSA) is 37.2 Å². The van der Waals surface area contributed by atoms with Gasteiger partial charge in [-0.25, -0.2) is 0 Å². The van der Waals surface area contributed by atoms with Crippen molar-refractivity contribution in [3.05, 3.63) is 223 Å². The van der Waals surface area contributed by atoms with Gasteiger partial charge >= 0.3 is 0 Å². The Bertz CT molecular complexity index is 3430. The van der Waals surface area contributed by atoms with E-state index in [0.29, 0.717) is 0 Å². The van der Waals surface area contributed by atoms with Crippen LogP contribution in [0.5, 0.6) is 0 Å². The second-order valence-electron chi connectivity index (χ2n) is 19.7. The smallest absolute Gasteiger partial charge is 0.129 e. The zero-order valence-corrected chi connectivity index (χ0v) is 40.2. The third-order valence-corrected chi connectivity index (χ3v) is 13.7. The maximum atomic E-state index is 4.96. The summed E-state index contributed by atoms with van der Waals surface area (Å²) in [5.74, 6) is 0. The summed E-state index contributed by atoms with van der Waals surface area (Å²) in [7, 11) is 0. The van der Waals surface area contributed by atoms with Crippen molar-refractivity contribution in [3.63, 3.8) is 0 Å². The minimum atomic E-state index is 0.0455. The quantitative estimate of drug-likeness (QED) is 0.145. The fourth-order valence-corrected chi connectivity index (χ4v) is 10.1. The van der Waals surface area contributed by atoms with Crippen LogP contribution in [0.4, 0.5) is 34.1 Å². The minimum Gasteiger partial charge on any atom is -0.311 e. The molecule has 0 atom stereocenters. The van der Waals surface area contributed by atoms with Crippen LogP contribution < -0.4 is 9.80 Å². The van der Waals surface area contributed by atoms with Crippen LogP contribution in [0.15, 0.2) is 212 Å². The van der Waals surface area contributed by atoms with Crippen LogP contribution in [0.1, 0.15) is 52.7 Å². The van der Waals surface area contributed by atoms with Gasteiger partial charge in [0.05, 0.1) is 28.4 Å². The number of hydrogen-bond acceptors (Lipinski definition) is 5. The molecule has 0 aliphatic rings. The summed E-state index contributed by atoms with van der Waals surface area (Å²) in [5.41, 5.74) is 18.9. The third kappa shape index (κ3) is 7.91. The lowest BCUT2D eigenvalue weighted by atomic mass is 9.85. The molecule has 332 valence electrons. The Morgan fingerprint density at radius 3 is 1.26 bits per heavy atom. The van der Waals surface area contributed by atoms with Gasteiger partial charge in [0.1, 0.15) is 11.0 Å². The Hall–Kier alpha value is -7.80. The SMILES string of the molecule is CC(C)(C)c1ccc2c(c1)c1cc(C(C)(C)C)ccc1n2-c1ccc(-c2ccc(N(c3ccccc3)c3ccc(-c4ccc(N(c5ccccc5)c5ccccc5)cc4)cc3)c3nsnc23)cc1. The zero-order valence-electron chi connectivity index (χ0n) is 39.4. The lowest BCUT2D eigenvalue weighted by Crippen LogP contribution is -2.10. The number of benzene rings is 9. The van der Waals surface area contributed by atoms with Gasteiger partial charge in [0.25, 0.3) is 0 Å². The lowest BCUT2D eigenvalue weighted by Gasteiger charge is -2.26. The summed E-state index contributed by atoms with van der Waals surface area (Å²) >= 11 is 1.26. The van der Waals surface area contributed by atoms with Crippen molar-refractivity contribution in [2.75, 3.05) is 9.80 Å². The molecule has 11 rings (SSSR count). The number of rotatable bonds is 9. The second-order valence-corrected chi connectivity index (χ2v) is 20.2. The van der Waals surface area contributed by atoms with E-state index in [1.165, 1.54) is 44.7 Å². The third-order valence-electron chi connectivity index (χ3n) is 13.2. The number of nitrogens with zero attached hydrogens (tertiary/aromatic N) is 5. The highest BCUT2D eigenvalue weighted by atomic mass is 32.1. The van der Waals surface area contributed by atoms with Gasteiger partial charge in [-0.2, -0.15) is 8.75 Å². The number of aromatic nitrogens is 3. The maximum absolute atomic E-state index is 4.96. The molecule has 0 unspecified atom stereocenters. The minimum absolute atomic E-state index is 0.0455. The van der Waals surface area contributed by atoms with Crippen molar-refractivity contribution in [1.29, 1.82) is 0 Å². The first-order chi connectivity index (χ1) is 33.0. The Balaban J connectivity index is 0.926. The molecular weight excluding hydrogens is 847 g/mol. The Morgan fingerprint density at radius 2 is 0.794 bits per heavy atom. The van der Waals surface area contributed by atoms with E-state index in [0.717, 1.165) is 73.1 Å². The van der Waals surface area contributed by atoms with Crippen molar-refractivity contribution in [2.24, 2.45) is 0 Å². The highest BCUT2D eigenvalue weighted by Crippen LogP contribution is 2.43. The van der Waals surface area contributed by atoms with Crippen molar-refractivity contribution < 1.29 is 0 Å². The predicted molar refractivity (Wildman–Crippen MR) is 289 cm³/mol. The van der Waals surface area contributed by atoms with Gasteiger partial charge in [-0.15, -0.1) is 0 Å². The van der Waals surface area contributed by atoms with Crippen LogP contribution in [0.2, 0.25) is 0 Å². The van der Waals surface area contributed by atoms with Crippen molar-refractivity contribution in [1.82, 2.24) is 13.3 Å². The van der Waals surface area contributed by atoms with Crippen LogP contribution in [-0.4, -0.2) is 13.3 Å². The van der Waals surface area contributed by atoms with Gasteiger partial charge < -0.3 is 14.4 Å². The Kier molecular flexibility index (Phi) is 10.8. The van der Waals surface area contributed by atoms with E-state index in [-0.39, 0.29) is 10.8 Å². The maximum Gasteiger partial charge on any atom is 0.129 e. The Morgan fingerprint density at radius 1 is 0.382 bits per heavy atom. The van der Waals surface area contributed by atoms with Gasteiger partial charge in [0.15, 0.2) is 0 Å². The molecule has 0 aliphatic heterocycles. The number of para-hydroxylation sites is 3. The summed E-state index contributed by atoms with van der Waals surface area (Å²) in [6.07, 6.45) is 0. The molecule has 2 heterocycles. The molecular formula is C62H53N5S. The zero-order chi connectivity index (χ0) is 46.6. The van der Waals surface area contributed by atoms with E-state index in [1.54, 1.807) is 0 Å². The van der Waals surface area contributed by atoms with E-state index in [9.17, 15) is 0 Å². The number of fused-ring (bicyclic) bond motifs is 4. The lowest BCUT2D eigenvalue weighted by molar-refractivity contribution is 0.590. The monoisotopic (exact) mass is 899 g/mol. The molecule has 9 aromatic carbocycles. The fourth-order valence-electron chi connectivity index (χ4n) is 9.50. The molecule has 0 aliphatic carbocycles. The molecule has 0 fully saturated rings. The highest BCUT2D eigenvalue weighted by Gasteiger charge is 2.23. The first-order valence-corrected chi connectivity index (χ1v) is 24.1. The van der Waals surface area contributed by atoms with Crippen molar-refractivity contribution >= 4 is 78.7 Å². The fraction of sp³-hybridized carbons (Fsp3) is 0.129. The van der Waals surface area contributed by atoms with E-state index in [4.69, 9.17) is 8.75 Å². The van der Waals surface area contributed by atoms with E-state index in [1.807, 2.05) is 0 Å². The predicted octanol–water partition coefficient (Wildman–Crippen LogP) is 17.7. The summed E-state index contributed by atoms with van der Waals surface area (Å²) < 4.78 is 12.3. The van der Waals surface area contributed by atoms with Crippen LogP contribution in [-0.2, 0) is 10.8 Å². The van der Waals surface area contributed by atoms with Gasteiger partial charge in [-0.05, 0) is 148 Å². The molecule has 0 saturated carbocycles. The molecule has 68 heavy (non-hydrogen) atoms. The van der Waals surface area contributed by atoms with Crippen LogP contribution in [0, 0.1) is 0 Å². The van der Waals surface area contributed by atoms with Crippen LogP contribution >= 0.6 is 11.7 Å². The second kappa shape index (κ2) is 17.1. The molecule has 2 aromatic heterocycles. The van der Waals surface area contributed by atoms with Gasteiger partial charge in [-0.3, -0.25) is 0 Å². The Labute approximate surface area is 403 Å². The normalized spacial score (nSPS) is 12.0. The molecule has 0 N–H and O–H groups in total. The van der Waals surface area contributed by atoms with E-state index >= 15 is 0 Å². The first kappa shape index (κ1) is 42.8. The van der Waals surface area contributed by atoms with Crippen LogP contribution in [0.3, 0.4) is 0 Å². The summed E-state index contributed by atoms with van der Waals surface area (Å²) in [6, 6.07) is 76.6. The molecule has 0 saturated heterocycles. The molecule has 6 heteroatoms. The number of hydrogen-bond donors (Lipinski definition) is 0. The molecule has 0 amide bonds. The van der Waals surface area contributed by atoms with Gasteiger partial charge in [0, 0.05) is 50.5 Å². The molecule has 5 nitrogen and oxygen atoms in total. The molecule has 0 radical (unpaired) electrons. The first-order valence-electron chi connectivity index (χ1n) is 23.4. The standard InChI is InChI=1S/C62H53N5S/c1-61(2,3)45-28-37-56-54(40-45)55-41-46(62(4,5)6)29-38-57(55)67(56)52-34-26-44(27-35-52)53-36-39-58(60-59(53)63-68-64-60)66(49-20-14-9-15-21-49)51-32-24-43(25-33-51)42-22-30-50(31-23-42)65(47-16-10-7-11-17-47)48-18-12-8-13-19-48/h7-41H,1-6H3. The van der Waals surface area contributed by atoms with Gasteiger partial charge in [-0.1, -0.05) is 145 Å². The van der Waals surface area contributed by atoms with Crippen molar-refractivity contribution in [3.8, 4) is 27.9 Å². The largest absolute Gasteiger partial charge is 0.311 e. The van der Waals surface area contributed by atoms with Gasteiger partial charge in [0.2, 0.25) is 0 Å². The number of anilines is 6. The molecule has 0 bridgehead atoms. The van der Waals surface area contributed by atoms with E-state index < -0.39 is 0 Å². The van der Waals surface area contributed by atoms with Crippen molar-refractivity contribution in [2.45, 2.75) is 52.4 Å². The van der Waals surface area contributed by atoms with Crippen LogP contribution in [0.25, 0.3) is 60.8 Å². The summed E-state index contributed by atoms with van der Waals surface area (Å²) in [6.45, 7) is 13.7. The average molecular weight is 900 g/mol. The molecule has 0 spiro atoms. The van der Waals surface area contributed by atoms with E-state index in [2.05, 4.69) is 268 Å². The molecule has 11 aromatic rings. The highest BCUT2D eigenvalue weighted by molar-refractivity contribution is 7.00. The summed E-state index contributed by atoms with van der Waals surface area (Å²) in [4.78, 5) is 4.58.